The van der Waals surface area contributed by atoms with Crippen LogP contribution in [-0.4, -0.2) is 56.3 Å². The van der Waals surface area contributed by atoms with Crippen LogP contribution in [0.5, 0.6) is 0 Å². The van der Waals surface area contributed by atoms with Gasteiger partial charge in [-0.05, 0) is 18.1 Å². The third-order valence-corrected chi connectivity index (χ3v) is 6.31. The fourth-order valence-corrected chi connectivity index (χ4v) is 4.82. The van der Waals surface area contributed by atoms with Crippen molar-refractivity contribution in [3.05, 3.63) is 71.8 Å². The van der Waals surface area contributed by atoms with E-state index in [9.17, 15) is 14.4 Å². The molecule has 0 fully saturated rings. The lowest BCUT2D eigenvalue weighted by Crippen LogP contribution is -2.57. The van der Waals surface area contributed by atoms with E-state index >= 15 is 0 Å². The minimum absolute atomic E-state index is 0.0934. The smallest absolute Gasteiger partial charge is 0.408 e. The van der Waals surface area contributed by atoms with Crippen molar-refractivity contribution in [2.45, 2.75) is 51.7 Å². The van der Waals surface area contributed by atoms with Gasteiger partial charge in [-0.2, -0.15) is 0 Å². The molecule has 0 saturated heterocycles. The summed E-state index contributed by atoms with van der Waals surface area (Å²) in [5.41, 5.74) is 1.73. The molecule has 178 valence electrons. The molecule has 0 aliphatic heterocycles. The number of benzene rings is 2. The molecule has 2 rings (SSSR count). The van der Waals surface area contributed by atoms with Crippen LogP contribution in [0.15, 0.2) is 60.7 Å². The average molecular weight is 471 g/mol. The lowest BCUT2D eigenvalue weighted by atomic mass is 10.0. The van der Waals surface area contributed by atoms with Gasteiger partial charge in [0.15, 0.2) is 0 Å². The molecular formula is C25H34N2O5Si. The van der Waals surface area contributed by atoms with E-state index in [-0.39, 0.29) is 18.9 Å². The molecule has 2 atom stereocenters. The maximum atomic E-state index is 13.7. The van der Waals surface area contributed by atoms with Crippen molar-refractivity contribution in [2.75, 3.05) is 13.3 Å². The Morgan fingerprint density at radius 2 is 1.48 bits per heavy atom. The number of hydrogen-bond donors (Lipinski definition) is 1. The topological polar surface area (TPSA) is 84.9 Å². The van der Waals surface area contributed by atoms with Crippen molar-refractivity contribution in [2.24, 2.45) is 0 Å². The summed E-state index contributed by atoms with van der Waals surface area (Å²) in [5.74, 6) is -0.831. The monoisotopic (exact) mass is 470 g/mol. The van der Waals surface area contributed by atoms with Crippen molar-refractivity contribution < 1.29 is 23.9 Å². The number of nitrogens with one attached hydrogen (secondary N) is 1. The van der Waals surface area contributed by atoms with Crippen LogP contribution in [0.4, 0.5) is 4.79 Å². The van der Waals surface area contributed by atoms with E-state index in [0.29, 0.717) is 6.17 Å². The van der Waals surface area contributed by atoms with Crippen LogP contribution in [0.25, 0.3) is 0 Å². The molecule has 2 aromatic carbocycles. The molecule has 0 heterocycles. The van der Waals surface area contributed by atoms with Gasteiger partial charge in [0.25, 0.3) is 0 Å². The zero-order valence-electron chi connectivity index (χ0n) is 20.0. The highest BCUT2D eigenvalue weighted by Crippen LogP contribution is 2.14. The number of methoxy groups -OCH3 is 1. The highest BCUT2D eigenvalue weighted by molar-refractivity contribution is 6.76. The molecule has 0 aromatic heterocycles. The number of carbonyl (C=O) groups is 3. The van der Waals surface area contributed by atoms with Crippen molar-refractivity contribution in [3.63, 3.8) is 0 Å². The number of amides is 2. The van der Waals surface area contributed by atoms with Crippen molar-refractivity contribution >= 4 is 26.0 Å². The SMILES string of the molecule is COC(=O)[C@H](C)N(C[Si](C)(C)C)C(=O)[C@H](Cc1ccccc1)NC(=O)OCc1ccccc1. The average Bonchev–Trinajstić information content (AvgIpc) is 2.80. The second kappa shape index (κ2) is 12.2. The molecule has 2 amide bonds. The number of hydrogen-bond acceptors (Lipinski definition) is 5. The fraction of sp³-hybridized carbons (Fsp3) is 0.400. The van der Waals surface area contributed by atoms with Gasteiger partial charge in [-0.3, -0.25) is 4.79 Å². The summed E-state index contributed by atoms with van der Waals surface area (Å²) < 4.78 is 10.2. The van der Waals surface area contributed by atoms with Gasteiger partial charge in [-0.15, -0.1) is 0 Å². The van der Waals surface area contributed by atoms with Gasteiger partial charge in [-0.1, -0.05) is 80.3 Å². The van der Waals surface area contributed by atoms with E-state index in [1.165, 1.54) is 12.0 Å². The van der Waals surface area contributed by atoms with E-state index in [0.717, 1.165) is 11.1 Å². The summed E-state index contributed by atoms with van der Waals surface area (Å²) in [6.07, 6.45) is 0.0384. The molecular weight excluding hydrogens is 436 g/mol. The normalized spacial score (nSPS) is 12.9. The first-order chi connectivity index (χ1) is 15.6. The largest absolute Gasteiger partial charge is 0.467 e. The second-order valence-electron chi connectivity index (χ2n) is 9.17. The second-order valence-corrected chi connectivity index (χ2v) is 14.6. The lowest BCUT2D eigenvalue weighted by Gasteiger charge is -2.35. The Morgan fingerprint density at radius 3 is 2.00 bits per heavy atom. The van der Waals surface area contributed by atoms with Crippen LogP contribution >= 0.6 is 0 Å². The number of rotatable bonds is 10. The zero-order valence-corrected chi connectivity index (χ0v) is 21.0. The third kappa shape index (κ3) is 8.73. The first-order valence-electron chi connectivity index (χ1n) is 11.0. The molecule has 0 aliphatic carbocycles. The number of esters is 1. The minimum atomic E-state index is -1.79. The van der Waals surface area contributed by atoms with Crippen molar-refractivity contribution in [1.82, 2.24) is 10.2 Å². The quantitative estimate of drug-likeness (QED) is 0.422. The van der Waals surface area contributed by atoms with Gasteiger partial charge in [0, 0.05) is 12.6 Å². The molecule has 0 bridgehead atoms. The number of alkyl carbamates (subject to hydrolysis) is 1. The molecule has 8 heteroatoms. The van der Waals surface area contributed by atoms with Gasteiger partial charge >= 0.3 is 12.1 Å². The number of nitrogens with zero attached hydrogens (tertiary/aromatic N) is 1. The summed E-state index contributed by atoms with van der Waals surface area (Å²) in [4.78, 5) is 40.1. The number of ether oxygens (including phenoxy) is 2. The lowest BCUT2D eigenvalue weighted by molar-refractivity contribution is -0.152. The van der Waals surface area contributed by atoms with Gasteiger partial charge in [-0.25, -0.2) is 9.59 Å². The first-order valence-corrected chi connectivity index (χ1v) is 14.7. The predicted molar refractivity (Wildman–Crippen MR) is 130 cm³/mol. The van der Waals surface area contributed by atoms with E-state index < -0.39 is 32.2 Å². The zero-order chi connectivity index (χ0) is 24.4. The molecule has 0 spiro atoms. The van der Waals surface area contributed by atoms with Crippen LogP contribution in [0.3, 0.4) is 0 Å². The van der Waals surface area contributed by atoms with E-state index in [1.807, 2.05) is 60.7 Å². The predicted octanol–water partition coefficient (Wildman–Crippen LogP) is 3.79. The summed E-state index contributed by atoms with van der Waals surface area (Å²) in [7, 11) is -0.486. The molecule has 0 unspecified atom stereocenters. The van der Waals surface area contributed by atoms with Crippen LogP contribution in [-0.2, 0) is 32.1 Å². The summed E-state index contributed by atoms with van der Waals surface area (Å²) in [5, 5.41) is 2.72. The molecule has 1 N–H and O–H groups in total. The van der Waals surface area contributed by atoms with E-state index in [2.05, 4.69) is 25.0 Å². The van der Waals surface area contributed by atoms with Crippen molar-refractivity contribution in [3.8, 4) is 0 Å². The number of carbonyl (C=O) groups excluding carboxylic acids is 3. The van der Waals surface area contributed by atoms with Crippen LogP contribution < -0.4 is 5.32 Å². The van der Waals surface area contributed by atoms with E-state index in [4.69, 9.17) is 9.47 Å². The molecule has 33 heavy (non-hydrogen) atoms. The summed E-state index contributed by atoms with van der Waals surface area (Å²) in [6, 6.07) is 17.1. The Bertz CT molecular complexity index is 915. The van der Waals surface area contributed by atoms with Crippen LogP contribution in [0, 0.1) is 0 Å². The molecule has 0 aliphatic rings. The Hall–Kier alpha value is -3.13. The Balaban J connectivity index is 2.24. The Kier molecular flexibility index (Phi) is 9.66. The maximum Gasteiger partial charge on any atom is 0.408 e. The maximum absolute atomic E-state index is 13.7. The highest BCUT2D eigenvalue weighted by atomic mass is 28.3. The van der Waals surface area contributed by atoms with Gasteiger partial charge in [0.2, 0.25) is 5.91 Å². The Labute approximate surface area is 197 Å². The highest BCUT2D eigenvalue weighted by Gasteiger charge is 2.35. The fourth-order valence-electron chi connectivity index (χ4n) is 3.37. The van der Waals surface area contributed by atoms with E-state index in [1.54, 1.807) is 6.92 Å². The standard InChI is InChI=1S/C25H34N2O5Si/c1-19(24(29)31-2)27(18-33(3,4)5)23(28)22(16-20-12-8-6-9-13-20)26-25(30)32-17-21-14-10-7-11-15-21/h6-15,19,22H,16-18H2,1-5H3,(H,26,30)/t19-,22-/m0/s1. The minimum Gasteiger partial charge on any atom is -0.467 e. The van der Waals surface area contributed by atoms with Crippen LogP contribution in [0.2, 0.25) is 19.6 Å². The van der Waals surface area contributed by atoms with Crippen LogP contribution in [0.1, 0.15) is 18.1 Å². The molecule has 7 nitrogen and oxygen atoms in total. The molecule has 2 aromatic rings. The van der Waals surface area contributed by atoms with Gasteiger partial charge in [0.1, 0.15) is 18.7 Å². The summed E-state index contributed by atoms with van der Waals surface area (Å²) >= 11 is 0. The van der Waals surface area contributed by atoms with Gasteiger partial charge in [0.05, 0.1) is 15.2 Å². The first kappa shape index (κ1) is 26.1. The molecule has 0 saturated carbocycles. The van der Waals surface area contributed by atoms with Gasteiger partial charge < -0.3 is 19.7 Å². The van der Waals surface area contributed by atoms with Crippen molar-refractivity contribution in [1.29, 1.82) is 0 Å². The molecule has 0 radical (unpaired) electrons. The third-order valence-electron chi connectivity index (χ3n) is 5.02. The summed E-state index contributed by atoms with van der Waals surface area (Å²) in [6.45, 7) is 8.09. The Morgan fingerprint density at radius 1 is 0.939 bits per heavy atom.